The van der Waals surface area contributed by atoms with Crippen LogP contribution in [0.15, 0.2) is 42.5 Å². The fraction of sp³-hybridized carbons (Fsp3) is 0.519. The van der Waals surface area contributed by atoms with Crippen LogP contribution in [0.5, 0.6) is 5.75 Å². The van der Waals surface area contributed by atoms with Gasteiger partial charge in [-0.3, -0.25) is 4.79 Å². The Kier molecular flexibility index (Phi) is 7.53. The Balaban J connectivity index is 1.36. The van der Waals surface area contributed by atoms with Crippen LogP contribution in [0.4, 0.5) is 15.8 Å². The summed E-state index contributed by atoms with van der Waals surface area (Å²) in [5.41, 5.74) is 1.70. The van der Waals surface area contributed by atoms with Gasteiger partial charge in [-0.05, 0) is 81.7 Å². The second kappa shape index (κ2) is 10.6. The number of ether oxygens (including phenoxy) is 1. The summed E-state index contributed by atoms with van der Waals surface area (Å²) in [4.78, 5) is 18.7. The van der Waals surface area contributed by atoms with Gasteiger partial charge in [0.15, 0.2) is 0 Å². The normalized spacial score (nSPS) is 19.2. The number of carbonyl (C=O) groups is 1. The highest BCUT2D eigenvalue weighted by molar-refractivity contribution is 6.05. The largest absolute Gasteiger partial charge is 0.493 e. The van der Waals surface area contributed by atoms with E-state index < -0.39 is 0 Å². The maximum atomic E-state index is 14.9. The van der Waals surface area contributed by atoms with Crippen LogP contribution in [0.2, 0.25) is 0 Å². The average Bonchev–Trinajstić information content (AvgIpc) is 3.33. The lowest BCUT2D eigenvalue weighted by Gasteiger charge is -2.24. The van der Waals surface area contributed by atoms with E-state index in [9.17, 15) is 9.18 Å². The van der Waals surface area contributed by atoms with Crippen LogP contribution in [-0.4, -0.2) is 57.7 Å². The smallest absolute Gasteiger partial charge is 0.258 e. The molecular weight excluding hydrogens is 417 g/mol. The molecule has 4 rings (SSSR count). The first-order chi connectivity index (χ1) is 15.9. The van der Waals surface area contributed by atoms with E-state index in [0.29, 0.717) is 28.9 Å². The van der Waals surface area contributed by atoms with Crippen molar-refractivity contribution in [3.63, 3.8) is 0 Å². The molecule has 5 nitrogen and oxygen atoms in total. The first kappa shape index (κ1) is 23.6. The molecule has 0 bridgehead atoms. The monoisotopic (exact) mass is 453 g/mol. The third-order valence-electron chi connectivity index (χ3n) is 7.17. The van der Waals surface area contributed by atoms with Gasteiger partial charge in [-0.1, -0.05) is 19.3 Å². The number of nitrogens with zero attached hydrogens (tertiary/aromatic N) is 3. The van der Waals surface area contributed by atoms with Crippen molar-refractivity contribution in [2.24, 2.45) is 5.92 Å². The van der Waals surface area contributed by atoms with Crippen molar-refractivity contribution in [1.29, 1.82) is 0 Å². The first-order valence-electron chi connectivity index (χ1n) is 12.1. The summed E-state index contributed by atoms with van der Waals surface area (Å²) in [6.45, 7) is 2.39. The Morgan fingerprint density at radius 3 is 2.39 bits per heavy atom. The van der Waals surface area contributed by atoms with E-state index in [0.717, 1.165) is 31.9 Å². The van der Waals surface area contributed by atoms with Gasteiger partial charge < -0.3 is 19.4 Å². The zero-order valence-electron chi connectivity index (χ0n) is 20.1. The molecule has 1 aliphatic heterocycles. The minimum atomic E-state index is -0.294. The van der Waals surface area contributed by atoms with Gasteiger partial charge in [0.25, 0.3) is 5.91 Å². The van der Waals surface area contributed by atoms with E-state index in [-0.39, 0.29) is 11.7 Å². The van der Waals surface area contributed by atoms with Crippen molar-refractivity contribution in [3.05, 3.63) is 53.8 Å². The Morgan fingerprint density at radius 1 is 1.03 bits per heavy atom. The van der Waals surface area contributed by atoms with Crippen LogP contribution in [-0.2, 0) is 0 Å². The van der Waals surface area contributed by atoms with Gasteiger partial charge in [-0.15, -0.1) is 0 Å². The predicted octanol–water partition coefficient (Wildman–Crippen LogP) is 5.20. The number of hydrogen-bond acceptors (Lipinski definition) is 4. The molecule has 2 aliphatic rings. The molecule has 33 heavy (non-hydrogen) atoms. The minimum Gasteiger partial charge on any atom is -0.493 e. The minimum absolute atomic E-state index is 0.171. The third kappa shape index (κ3) is 5.67. The molecule has 1 amide bonds. The summed E-state index contributed by atoms with van der Waals surface area (Å²) in [6, 6.07) is 12.8. The summed E-state index contributed by atoms with van der Waals surface area (Å²) < 4.78 is 20.9. The van der Waals surface area contributed by atoms with Crippen molar-refractivity contribution in [2.75, 3.05) is 50.6 Å². The molecule has 2 aromatic carbocycles. The molecule has 6 heteroatoms. The quantitative estimate of drug-likeness (QED) is 0.577. The average molecular weight is 454 g/mol. The van der Waals surface area contributed by atoms with E-state index in [2.05, 4.69) is 23.9 Å². The van der Waals surface area contributed by atoms with Gasteiger partial charge in [0.05, 0.1) is 12.3 Å². The lowest BCUT2D eigenvalue weighted by atomic mass is 9.90. The summed E-state index contributed by atoms with van der Waals surface area (Å²) in [5.74, 6) is 0.961. The molecule has 1 aliphatic carbocycles. The number of halogens is 1. The molecule has 1 unspecified atom stereocenters. The van der Waals surface area contributed by atoms with Crippen LogP contribution < -0.4 is 14.5 Å². The number of hydrogen-bond donors (Lipinski definition) is 0. The van der Waals surface area contributed by atoms with Crippen LogP contribution >= 0.6 is 0 Å². The van der Waals surface area contributed by atoms with Gasteiger partial charge in [0.2, 0.25) is 0 Å². The van der Waals surface area contributed by atoms with Crippen molar-refractivity contribution in [2.45, 2.75) is 44.6 Å². The van der Waals surface area contributed by atoms with Crippen LogP contribution in [0, 0.1) is 11.7 Å². The van der Waals surface area contributed by atoms with Crippen molar-refractivity contribution < 1.29 is 13.9 Å². The molecule has 0 spiro atoms. The molecular formula is C27H36FN3O2. The van der Waals surface area contributed by atoms with Gasteiger partial charge in [-0.2, -0.15) is 0 Å². The van der Waals surface area contributed by atoms with E-state index in [4.69, 9.17) is 4.74 Å². The molecule has 1 atom stereocenters. The topological polar surface area (TPSA) is 36.0 Å². The lowest BCUT2D eigenvalue weighted by Crippen LogP contribution is -2.31. The fourth-order valence-corrected chi connectivity index (χ4v) is 4.92. The molecule has 0 aromatic heterocycles. The van der Waals surface area contributed by atoms with Gasteiger partial charge in [0, 0.05) is 37.4 Å². The zero-order chi connectivity index (χ0) is 23.4. The Labute approximate surface area is 197 Å². The van der Waals surface area contributed by atoms with E-state index in [1.807, 2.05) is 18.2 Å². The Morgan fingerprint density at radius 2 is 1.76 bits per heavy atom. The summed E-state index contributed by atoms with van der Waals surface area (Å²) >= 11 is 0. The molecule has 0 N–H and O–H groups in total. The van der Waals surface area contributed by atoms with Crippen molar-refractivity contribution >= 4 is 17.3 Å². The van der Waals surface area contributed by atoms with Gasteiger partial charge >= 0.3 is 0 Å². The summed E-state index contributed by atoms with van der Waals surface area (Å²) in [7, 11) is 5.80. The SMILES string of the molecule is CN(C(=O)c1ccc(OCC2CCCCC2)cc1)c1ccc(N2CCC(N(C)C)C2)c(F)c1. The Hall–Kier alpha value is -2.60. The van der Waals surface area contributed by atoms with Crippen molar-refractivity contribution in [1.82, 2.24) is 4.90 Å². The number of carbonyl (C=O) groups excluding carboxylic acids is 1. The fourth-order valence-electron chi connectivity index (χ4n) is 4.92. The van der Waals surface area contributed by atoms with E-state index >= 15 is 0 Å². The standard InChI is InChI=1S/C27H36FN3O2/c1-29(2)23-15-16-31(18-23)26-14-11-22(17-25(26)28)30(3)27(32)21-9-12-24(13-10-21)33-19-20-7-5-4-6-8-20/h9-14,17,20,23H,4-8,15-16,18-19H2,1-3H3. The van der Waals surface area contributed by atoms with Crippen LogP contribution in [0.1, 0.15) is 48.9 Å². The second-order valence-corrected chi connectivity index (χ2v) is 9.69. The second-order valence-electron chi connectivity index (χ2n) is 9.69. The van der Waals surface area contributed by atoms with Crippen molar-refractivity contribution in [3.8, 4) is 5.75 Å². The molecule has 178 valence electrons. The molecule has 2 aromatic rings. The molecule has 1 heterocycles. The molecule has 0 radical (unpaired) electrons. The maximum absolute atomic E-state index is 14.9. The van der Waals surface area contributed by atoms with Gasteiger partial charge in [-0.25, -0.2) is 4.39 Å². The van der Waals surface area contributed by atoms with Crippen LogP contribution in [0.25, 0.3) is 0 Å². The predicted molar refractivity (Wildman–Crippen MR) is 132 cm³/mol. The van der Waals surface area contributed by atoms with Gasteiger partial charge in [0.1, 0.15) is 11.6 Å². The third-order valence-corrected chi connectivity index (χ3v) is 7.17. The molecule has 2 fully saturated rings. The molecule has 1 saturated carbocycles. The molecule has 1 saturated heterocycles. The number of amides is 1. The van der Waals surface area contributed by atoms with E-state index in [1.54, 1.807) is 25.2 Å². The highest BCUT2D eigenvalue weighted by Gasteiger charge is 2.26. The Bertz CT molecular complexity index is 941. The number of benzene rings is 2. The van der Waals surface area contributed by atoms with Crippen LogP contribution in [0.3, 0.4) is 0 Å². The summed E-state index contributed by atoms with van der Waals surface area (Å²) in [5, 5.41) is 0. The first-order valence-corrected chi connectivity index (χ1v) is 12.1. The number of rotatable bonds is 7. The summed E-state index contributed by atoms with van der Waals surface area (Å²) in [6.07, 6.45) is 7.43. The van der Waals surface area contributed by atoms with E-state index in [1.165, 1.54) is 43.1 Å². The number of anilines is 2. The zero-order valence-corrected chi connectivity index (χ0v) is 20.1. The highest BCUT2D eigenvalue weighted by atomic mass is 19.1. The maximum Gasteiger partial charge on any atom is 0.258 e. The highest BCUT2D eigenvalue weighted by Crippen LogP contribution is 2.29. The number of likely N-dealkylation sites (N-methyl/N-ethyl adjacent to an activating group) is 1. The lowest BCUT2D eigenvalue weighted by molar-refractivity contribution is 0.0993.